The summed E-state index contributed by atoms with van der Waals surface area (Å²) in [5, 5.41) is 12.2. The smallest absolute Gasteiger partial charge is 0.371 e. The molecule has 1 fully saturated rings. The van der Waals surface area contributed by atoms with E-state index in [0.29, 0.717) is 17.7 Å². The lowest BCUT2D eigenvalue weighted by molar-refractivity contribution is -0.172. The molecule has 1 atom stereocenters. The number of hydrogen-bond acceptors (Lipinski definition) is 5. The van der Waals surface area contributed by atoms with Gasteiger partial charge in [0.25, 0.3) is 5.91 Å². The van der Waals surface area contributed by atoms with E-state index >= 15 is 0 Å². The van der Waals surface area contributed by atoms with Crippen LogP contribution in [0.1, 0.15) is 18.9 Å². The summed E-state index contributed by atoms with van der Waals surface area (Å²) in [6.07, 6.45) is 1.77. The summed E-state index contributed by atoms with van der Waals surface area (Å²) in [4.78, 5) is 42.5. The maximum Gasteiger partial charge on any atom is 0.371 e. The van der Waals surface area contributed by atoms with Crippen molar-refractivity contribution in [3.63, 3.8) is 0 Å². The van der Waals surface area contributed by atoms with Crippen molar-refractivity contribution >= 4 is 23.6 Å². The third-order valence-electron chi connectivity index (χ3n) is 4.24. The van der Waals surface area contributed by atoms with E-state index in [1.54, 1.807) is 31.2 Å². The van der Waals surface area contributed by atoms with Crippen LogP contribution in [0, 0.1) is 0 Å². The Morgan fingerprint density at radius 2 is 2.08 bits per heavy atom. The SMILES string of the molecule is C=CCON1C(=O)N2C(=O)C1(CC)c1ccccc1N2CC(=O)O. The summed E-state index contributed by atoms with van der Waals surface area (Å²) in [7, 11) is 0. The van der Waals surface area contributed by atoms with Crippen LogP contribution in [-0.4, -0.2) is 46.2 Å². The molecule has 24 heavy (non-hydrogen) atoms. The highest BCUT2D eigenvalue weighted by Crippen LogP contribution is 2.49. The Labute approximate surface area is 138 Å². The topological polar surface area (TPSA) is 90.4 Å². The molecule has 1 aromatic carbocycles. The van der Waals surface area contributed by atoms with Crippen LogP contribution >= 0.6 is 0 Å². The second kappa shape index (κ2) is 5.64. The molecule has 8 heteroatoms. The van der Waals surface area contributed by atoms with Crippen LogP contribution in [0.15, 0.2) is 36.9 Å². The average molecular weight is 331 g/mol. The molecular formula is C16H17N3O5. The van der Waals surface area contributed by atoms with Crippen molar-refractivity contribution in [2.75, 3.05) is 18.2 Å². The Hall–Kier alpha value is -2.87. The number of nitrogens with zero attached hydrogens (tertiary/aromatic N) is 3. The number of carbonyl (C=O) groups excluding carboxylic acids is 2. The minimum absolute atomic E-state index is 0.0513. The molecule has 0 radical (unpaired) electrons. The van der Waals surface area contributed by atoms with Crippen LogP contribution in [0.5, 0.6) is 0 Å². The monoisotopic (exact) mass is 331 g/mol. The predicted molar refractivity (Wildman–Crippen MR) is 83.6 cm³/mol. The van der Waals surface area contributed by atoms with Crippen molar-refractivity contribution in [3.8, 4) is 0 Å². The molecule has 0 spiro atoms. The minimum atomic E-state index is -1.30. The van der Waals surface area contributed by atoms with Gasteiger partial charge in [0.05, 0.1) is 12.3 Å². The van der Waals surface area contributed by atoms with Crippen molar-refractivity contribution in [3.05, 3.63) is 42.5 Å². The molecule has 3 rings (SSSR count). The van der Waals surface area contributed by atoms with Gasteiger partial charge >= 0.3 is 12.0 Å². The number of aliphatic carboxylic acids is 1. The summed E-state index contributed by atoms with van der Waals surface area (Å²) in [5.41, 5.74) is -0.254. The molecule has 1 N–H and O–H groups in total. The third kappa shape index (κ3) is 1.93. The fraction of sp³-hybridized carbons (Fsp3) is 0.312. The molecule has 2 aliphatic rings. The average Bonchev–Trinajstić information content (AvgIpc) is 2.72. The number of urea groups is 1. The number of benzene rings is 1. The van der Waals surface area contributed by atoms with Gasteiger partial charge in [0.2, 0.25) is 0 Å². The van der Waals surface area contributed by atoms with Gasteiger partial charge in [-0.25, -0.2) is 4.79 Å². The molecule has 3 amide bonds. The van der Waals surface area contributed by atoms with Crippen LogP contribution in [0.3, 0.4) is 0 Å². The predicted octanol–water partition coefficient (Wildman–Crippen LogP) is 1.49. The van der Waals surface area contributed by atoms with Crippen LogP contribution in [0.4, 0.5) is 10.5 Å². The quantitative estimate of drug-likeness (QED) is 0.627. The number of anilines is 1. The summed E-state index contributed by atoms with van der Waals surface area (Å²) < 4.78 is 0. The number of hydrazine groups is 1. The Bertz CT molecular complexity index is 734. The van der Waals surface area contributed by atoms with E-state index in [1.165, 1.54) is 11.1 Å². The largest absolute Gasteiger partial charge is 0.480 e. The van der Waals surface area contributed by atoms with Crippen LogP contribution < -0.4 is 5.01 Å². The van der Waals surface area contributed by atoms with Crippen molar-refractivity contribution in [2.24, 2.45) is 0 Å². The van der Waals surface area contributed by atoms with Gasteiger partial charge in [-0.1, -0.05) is 31.2 Å². The Morgan fingerprint density at radius 3 is 2.71 bits per heavy atom. The lowest BCUT2D eigenvalue weighted by Crippen LogP contribution is -2.55. The van der Waals surface area contributed by atoms with Crippen molar-refractivity contribution < 1.29 is 24.3 Å². The molecule has 1 saturated heterocycles. The number of imide groups is 1. The van der Waals surface area contributed by atoms with E-state index < -0.39 is 30.0 Å². The maximum absolute atomic E-state index is 13.0. The number of amides is 3. The number of para-hydroxylation sites is 1. The number of fused-ring (bicyclic) bond motifs is 4. The summed E-state index contributed by atoms with van der Waals surface area (Å²) in [5.74, 6) is -1.67. The Kier molecular flexibility index (Phi) is 3.76. The lowest BCUT2D eigenvalue weighted by atomic mass is 9.84. The fourth-order valence-electron chi connectivity index (χ4n) is 3.25. The van der Waals surface area contributed by atoms with E-state index in [2.05, 4.69) is 6.58 Å². The van der Waals surface area contributed by atoms with E-state index in [9.17, 15) is 19.5 Å². The second-order valence-electron chi connectivity index (χ2n) is 5.46. The van der Waals surface area contributed by atoms with E-state index in [4.69, 9.17) is 4.84 Å². The van der Waals surface area contributed by atoms with Gasteiger partial charge in [-0.05, 0) is 12.5 Å². The van der Waals surface area contributed by atoms with Crippen molar-refractivity contribution in [2.45, 2.75) is 18.9 Å². The van der Waals surface area contributed by atoms with Crippen molar-refractivity contribution in [1.82, 2.24) is 10.1 Å². The molecule has 8 nitrogen and oxygen atoms in total. The molecule has 2 heterocycles. The van der Waals surface area contributed by atoms with E-state index in [0.717, 1.165) is 10.1 Å². The molecule has 126 valence electrons. The van der Waals surface area contributed by atoms with Crippen LogP contribution in [-0.2, 0) is 20.0 Å². The van der Waals surface area contributed by atoms with Crippen molar-refractivity contribution in [1.29, 1.82) is 0 Å². The lowest BCUT2D eigenvalue weighted by Gasteiger charge is -2.40. The van der Waals surface area contributed by atoms with E-state index in [1.807, 2.05) is 0 Å². The minimum Gasteiger partial charge on any atom is -0.480 e. The number of hydroxylamine groups is 2. The maximum atomic E-state index is 13.0. The highest BCUT2D eigenvalue weighted by molar-refractivity contribution is 6.11. The molecule has 1 unspecified atom stereocenters. The zero-order valence-electron chi connectivity index (χ0n) is 13.1. The first kappa shape index (κ1) is 16.0. The summed E-state index contributed by atoms with van der Waals surface area (Å²) in [6, 6.07) is 6.17. The third-order valence-corrected chi connectivity index (χ3v) is 4.24. The molecule has 2 aliphatic heterocycles. The van der Waals surface area contributed by atoms with Crippen LogP contribution in [0.25, 0.3) is 0 Å². The Balaban J connectivity index is 2.22. The molecule has 2 bridgehead atoms. The molecular weight excluding hydrogens is 314 g/mol. The fourth-order valence-corrected chi connectivity index (χ4v) is 3.25. The highest BCUT2D eigenvalue weighted by atomic mass is 16.7. The first-order valence-corrected chi connectivity index (χ1v) is 7.50. The molecule has 0 saturated carbocycles. The van der Waals surface area contributed by atoms with Crippen LogP contribution in [0.2, 0.25) is 0 Å². The normalized spacial score (nSPS) is 22.0. The second-order valence-corrected chi connectivity index (χ2v) is 5.46. The molecule has 1 aromatic rings. The first-order chi connectivity index (χ1) is 11.5. The zero-order chi connectivity index (χ0) is 17.5. The summed E-state index contributed by atoms with van der Waals surface area (Å²) >= 11 is 0. The number of rotatable bonds is 6. The summed E-state index contributed by atoms with van der Waals surface area (Å²) in [6.45, 7) is 4.87. The van der Waals surface area contributed by atoms with Gasteiger partial charge in [-0.3, -0.25) is 19.4 Å². The number of carbonyl (C=O) groups is 3. The standard InChI is InChI=1S/C16H17N3O5/c1-3-9-24-19-15(23)18-14(22)16(19,4-2)11-7-5-6-8-12(11)17(18)10-13(20)21/h3,5-8H,1,4,9-10H2,2H3,(H,20,21). The van der Waals surface area contributed by atoms with Gasteiger partial charge < -0.3 is 5.11 Å². The van der Waals surface area contributed by atoms with Gasteiger partial charge in [0.15, 0.2) is 5.54 Å². The highest BCUT2D eigenvalue weighted by Gasteiger charge is 2.64. The molecule has 0 aromatic heterocycles. The van der Waals surface area contributed by atoms with Gasteiger partial charge in [0, 0.05) is 5.56 Å². The number of carboxylic acids is 1. The van der Waals surface area contributed by atoms with Gasteiger partial charge in [-0.2, -0.15) is 10.1 Å². The number of hydrogen-bond donors (Lipinski definition) is 1. The number of carboxylic acid groups (broad SMARTS) is 1. The van der Waals surface area contributed by atoms with E-state index in [-0.39, 0.29) is 6.61 Å². The van der Waals surface area contributed by atoms with Gasteiger partial charge in [0.1, 0.15) is 6.54 Å². The van der Waals surface area contributed by atoms with Gasteiger partial charge in [-0.15, -0.1) is 6.58 Å². The zero-order valence-corrected chi connectivity index (χ0v) is 13.1. The Morgan fingerprint density at radius 1 is 1.38 bits per heavy atom. The first-order valence-electron chi connectivity index (χ1n) is 7.50. The molecule has 0 aliphatic carbocycles.